The van der Waals surface area contributed by atoms with Crippen LogP contribution in [0.25, 0.3) is 33.3 Å². The van der Waals surface area contributed by atoms with E-state index < -0.39 is 5.82 Å². The van der Waals surface area contributed by atoms with Crippen molar-refractivity contribution in [3.8, 4) is 28.3 Å². The molecular weight excluding hydrogens is 305 g/mol. The predicted octanol–water partition coefficient (Wildman–Crippen LogP) is 3.64. The lowest BCUT2D eigenvalue weighted by Gasteiger charge is -2.03. The molecule has 116 valence electrons. The van der Waals surface area contributed by atoms with Gasteiger partial charge in [-0.1, -0.05) is 0 Å². The lowest BCUT2D eigenvalue weighted by atomic mass is 10.0. The van der Waals surface area contributed by atoms with Crippen LogP contribution in [0.3, 0.4) is 0 Å². The van der Waals surface area contributed by atoms with Gasteiger partial charge in [0.15, 0.2) is 0 Å². The maximum atomic E-state index is 13.8. The van der Waals surface area contributed by atoms with Gasteiger partial charge in [0, 0.05) is 47.7 Å². The van der Waals surface area contributed by atoms with E-state index in [1.165, 1.54) is 12.1 Å². The summed E-state index contributed by atoms with van der Waals surface area (Å²) in [6.07, 6.45) is 7.23. The summed E-state index contributed by atoms with van der Waals surface area (Å²) in [6, 6.07) is 8.28. The third-order valence-electron chi connectivity index (χ3n) is 3.91. The third kappa shape index (κ3) is 2.32. The minimum Gasteiger partial charge on any atom is -0.346 e. The zero-order chi connectivity index (χ0) is 16.7. The Morgan fingerprint density at radius 3 is 2.75 bits per heavy atom. The Labute approximate surface area is 137 Å². The van der Waals surface area contributed by atoms with Crippen molar-refractivity contribution < 1.29 is 4.39 Å². The van der Waals surface area contributed by atoms with Crippen molar-refractivity contribution in [1.82, 2.24) is 19.7 Å². The van der Waals surface area contributed by atoms with Crippen molar-refractivity contribution in [1.29, 1.82) is 5.26 Å². The lowest BCUT2D eigenvalue weighted by molar-refractivity contribution is 0.628. The van der Waals surface area contributed by atoms with Crippen molar-refractivity contribution >= 4 is 11.0 Å². The average Bonchev–Trinajstić information content (AvgIpc) is 3.19. The summed E-state index contributed by atoms with van der Waals surface area (Å²) in [6.45, 7) is 0. The van der Waals surface area contributed by atoms with E-state index >= 15 is 0 Å². The van der Waals surface area contributed by atoms with Gasteiger partial charge in [0.25, 0.3) is 0 Å². The van der Waals surface area contributed by atoms with E-state index in [1.807, 2.05) is 25.4 Å². The van der Waals surface area contributed by atoms with Crippen molar-refractivity contribution in [2.24, 2.45) is 7.05 Å². The van der Waals surface area contributed by atoms with Crippen molar-refractivity contribution in [3.63, 3.8) is 0 Å². The van der Waals surface area contributed by atoms with Crippen LogP contribution in [-0.4, -0.2) is 19.7 Å². The number of benzene rings is 1. The summed E-state index contributed by atoms with van der Waals surface area (Å²) in [5, 5.41) is 14.1. The second-order valence-corrected chi connectivity index (χ2v) is 5.57. The Morgan fingerprint density at radius 1 is 1.12 bits per heavy atom. The fourth-order valence-electron chi connectivity index (χ4n) is 2.78. The fourth-order valence-corrected chi connectivity index (χ4v) is 2.78. The van der Waals surface area contributed by atoms with Crippen LogP contribution in [0.1, 0.15) is 5.56 Å². The molecule has 6 heteroatoms. The average molecular weight is 317 g/mol. The molecule has 0 aliphatic carbocycles. The molecule has 0 radical (unpaired) electrons. The van der Waals surface area contributed by atoms with E-state index in [-0.39, 0.29) is 5.56 Å². The molecule has 0 atom stereocenters. The van der Waals surface area contributed by atoms with E-state index in [0.717, 1.165) is 22.1 Å². The van der Waals surface area contributed by atoms with Gasteiger partial charge in [-0.3, -0.25) is 4.68 Å². The van der Waals surface area contributed by atoms with Crippen LogP contribution >= 0.6 is 0 Å². The normalized spacial score (nSPS) is 10.9. The topological polar surface area (TPSA) is 70.3 Å². The minimum atomic E-state index is -0.435. The molecule has 0 aliphatic rings. The third-order valence-corrected chi connectivity index (χ3v) is 3.91. The summed E-state index contributed by atoms with van der Waals surface area (Å²) >= 11 is 0. The highest BCUT2D eigenvalue weighted by atomic mass is 19.1. The first-order valence-electron chi connectivity index (χ1n) is 7.31. The van der Waals surface area contributed by atoms with Crippen LogP contribution in [0, 0.1) is 17.1 Å². The molecule has 0 saturated heterocycles. The number of fused-ring (bicyclic) bond motifs is 1. The number of nitrogens with zero attached hydrogens (tertiary/aromatic N) is 4. The molecule has 4 rings (SSSR count). The Morgan fingerprint density at radius 2 is 2.00 bits per heavy atom. The number of pyridine rings is 1. The van der Waals surface area contributed by atoms with Gasteiger partial charge in [-0.25, -0.2) is 9.37 Å². The van der Waals surface area contributed by atoms with Gasteiger partial charge in [-0.2, -0.15) is 10.4 Å². The molecule has 24 heavy (non-hydrogen) atoms. The summed E-state index contributed by atoms with van der Waals surface area (Å²) < 4.78 is 15.5. The maximum absolute atomic E-state index is 13.8. The lowest BCUT2D eigenvalue weighted by Crippen LogP contribution is -1.85. The fraction of sp³-hybridized carbons (Fsp3) is 0.0556. The van der Waals surface area contributed by atoms with Crippen LogP contribution in [-0.2, 0) is 7.05 Å². The molecule has 5 nitrogen and oxygen atoms in total. The Bertz CT molecular complexity index is 1100. The van der Waals surface area contributed by atoms with Gasteiger partial charge in [-0.05, 0) is 29.8 Å². The van der Waals surface area contributed by atoms with Crippen molar-refractivity contribution in [2.75, 3.05) is 0 Å². The summed E-state index contributed by atoms with van der Waals surface area (Å²) in [5.41, 5.74) is 4.32. The molecule has 0 saturated carbocycles. The number of aromatic nitrogens is 4. The first-order chi connectivity index (χ1) is 11.6. The zero-order valence-corrected chi connectivity index (χ0v) is 12.8. The molecule has 0 unspecified atom stereocenters. The SMILES string of the molecule is Cn1cc(-c2cnc3[nH]cc(-c4cc(F)cc(C#N)c4)c3c2)cn1. The molecule has 3 heterocycles. The largest absolute Gasteiger partial charge is 0.346 e. The molecule has 0 aliphatic heterocycles. The van der Waals surface area contributed by atoms with Gasteiger partial charge in [0.05, 0.1) is 17.8 Å². The highest BCUT2D eigenvalue weighted by Gasteiger charge is 2.11. The van der Waals surface area contributed by atoms with E-state index in [1.54, 1.807) is 29.3 Å². The van der Waals surface area contributed by atoms with Gasteiger partial charge in [0.1, 0.15) is 11.5 Å². The Kier molecular flexibility index (Phi) is 3.14. The maximum Gasteiger partial charge on any atom is 0.137 e. The number of hydrogen-bond donors (Lipinski definition) is 1. The first-order valence-corrected chi connectivity index (χ1v) is 7.31. The smallest absolute Gasteiger partial charge is 0.137 e. The standard InChI is InChI=1S/C18H12FN5/c1-24-10-14(8-23-24)13-5-16-17(9-22-18(16)21-7-13)12-2-11(6-20)3-15(19)4-12/h2-5,7-10H,1H3,(H,21,22). The Balaban J connectivity index is 1.91. The van der Waals surface area contributed by atoms with E-state index in [9.17, 15) is 4.39 Å². The van der Waals surface area contributed by atoms with Crippen molar-refractivity contribution in [2.45, 2.75) is 0 Å². The quantitative estimate of drug-likeness (QED) is 0.613. The molecule has 3 aromatic heterocycles. The molecule has 1 N–H and O–H groups in total. The number of rotatable bonds is 2. The first kappa shape index (κ1) is 14.2. The molecule has 0 spiro atoms. The number of H-pyrrole nitrogens is 1. The second-order valence-electron chi connectivity index (χ2n) is 5.57. The number of hydrogen-bond acceptors (Lipinski definition) is 3. The van der Waals surface area contributed by atoms with Gasteiger partial charge >= 0.3 is 0 Å². The summed E-state index contributed by atoms with van der Waals surface area (Å²) in [7, 11) is 1.85. The van der Waals surface area contributed by atoms with Gasteiger partial charge in [-0.15, -0.1) is 0 Å². The number of aromatic amines is 1. The van der Waals surface area contributed by atoms with Gasteiger partial charge < -0.3 is 4.98 Å². The zero-order valence-electron chi connectivity index (χ0n) is 12.8. The molecular formula is C18H12FN5. The van der Waals surface area contributed by atoms with Crippen molar-refractivity contribution in [3.05, 3.63) is 60.4 Å². The molecule has 4 aromatic rings. The minimum absolute atomic E-state index is 0.288. The van der Waals surface area contributed by atoms with Gasteiger partial charge in [0.2, 0.25) is 0 Å². The number of nitrogens with one attached hydrogen (secondary N) is 1. The van der Waals surface area contributed by atoms with Crippen LogP contribution in [0.15, 0.2) is 49.1 Å². The summed E-state index contributed by atoms with van der Waals surface area (Å²) in [4.78, 5) is 7.52. The monoisotopic (exact) mass is 317 g/mol. The van der Waals surface area contributed by atoms with E-state index in [4.69, 9.17) is 5.26 Å². The predicted molar refractivity (Wildman–Crippen MR) is 88.4 cm³/mol. The van der Waals surface area contributed by atoms with Crippen LogP contribution < -0.4 is 0 Å². The molecule has 0 fully saturated rings. The van der Waals surface area contributed by atoms with Crippen LogP contribution in [0.5, 0.6) is 0 Å². The van der Waals surface area contributed by atoms with Crippen LogP contribution in [0.2, 0.25) is 0 Å². The highest BCUT2D eigenvalue weighted by molar-refractivity contribution is 5.95. The van der Waals surface area contributed by atoms with E-state index in [2.05, 4.69) is 15.1 Å². The second kappa shape index (κ2) is 5.32. The molecule has 1 aromatic carbocycles. The van der Waals surface area contributed by atoms with Crippen LogP contribution in [0.4, 0.5) is 4.39 Å². The number of aryl methyl sites for hydroxylation is 1. The van der Waals surface area contributed by atoms with E-state index in [0.29, 0.717) is 11.2 Å². The number of nitriles is 1. The highest BCUT2D eigenvalue weighted by Crippen LogP contribution is 2.31. The molecule has 0 bridgehead atoms. The number of halogens is 1. The summed E-state index contributed by atoms with van der Waals surface area (Å²) in [5.74, 6) is -0.435. The molecule has 0 amide bonds. The Hall–Kier alpha value is -3.46.